The molecule has 0 bridgehead atoms. The lowest BCUT2D eigenvalue weighted by Crippen LogP contribution is -2.42. The number of para-hydroxylation sites is 1. The molecule has 124 valence electrons. The fourth-order valence-electron chi connectivity index (χ4n) is 5.38. The van der Waals surface area contributed by atoms with Crippen molar-refractivity contribution in [2.45, 2.75) is 51.1 Å². The highest BCUT2D eigenvalue weighted by atomic mass is 15.3. The van der Waals surface area contributed by atoms with E-state index in [0.29, 0.717) is 6.04 Å². The molecule has 0 amide bonds. The lowest BCUT2D eigenvalue weighted by molar-refractivity contribution is 0.396. The summed E-state index contributed by atoms with van der Waals surface area (Å²) >= 11 is 0. The summed E-state index contributed by atoms with van der Waals surface area (Å²) in [7, 11) is 2.19. The van der Waals surface area contributed by atoms with Crippen LogP contribution in [0, 0.1) is 6.92 Å². The Kier molecular flexibility index (Phi) is 2.74. The van der Waals surface area contributed by atoms with Crippen molar-refractivity contribution in [3.63, 3.8) is 0 Å². The van der Waals surface area contributed by atoms with Gasteiger partial charge in [-0.05, 0) is 38.3 Å². The molecule has 1 saturated carbocycles. The number of hydrogen-bond acceptors (Lipinski definition) is 2. The van der Waals surface area contributed by atoms with Gasteiger partial charge in [0.2, 0.25) is 5.78 Å². The number of benzene rings is 1. The van der Waals surface area contributed by atoms with E-state index < -0.39 is 0 Å². The van der Waals surface area contributed by atoms with E-state index in [1.54, 1.807) is 0 Å². The van der Waals surface area contributed by atoms with Gasteiger partial charge in [-0.25, -0.2) is 4.98 Å². The molecule has 2 aromatic heterocycles. The van der Waals surface area contributed by atoms with E-state index in [1.165, 1.54) is 48.3 Å². The third-order valence-electron chi connectivity index (χ3n) is 6.25. The number of aromatic nitrogens is 3. The maximum Gasteiger partial charge on any atom is 0.214 e. The molecule has 5 rings (SSSR count). The van der Waals surface area contributed by atoms with Gasteiger partial charge in [0, 0.05) is 25.1 Å². The fourth-order valence-corrected chi connectivity index (χ4v) is 5.38. The zero-order valence-electron chi connectivity index (χ0n) is 14.7. The number of anilines is 1. The Labute approximate surface area is 142 Å². The van der Waals surface area contributed by atoms with E-state index in [-0.39, 0.29) is 5.54 Å². The summed E-state index contributed by atoms with van der Waals surface area (Å²) in [4.78, 5) is 7.30. The molecular formula is C20H24N4. The van der Waals surface area contributed by atoms with Gasteiger partial charge in [-0.3, -0.25) is 4.40 Å². The quantitative estimate of drug-likeness (QED) is 0.667. The Morgan fingerprint density at radius 2 is 1.92 bits per heavy atom. The molecule has 4 nitrogen and oxygen atoms in total. The van der Waals surface area contributed by atoms with Crippen LogP contribution >= 0.6 is 0 Å². The minimum atomic E-state index is 0.121. The second kappa shape index (κ2) is 4.65. The number of nitrogens with zero attached hydrogens (tertiary/aromatic N) is 4. The number of fused-ring (bicyclic) bond motifs is 4. The SMILES string of the molecule is Cc1ccccc1N1[C@@H](C)c2c(n(C)c3nccn23)C12CCCC2. The normalized spacial score (nSPS) is 22.0. The molecule has 0 radical (unpaired) electrons. The molecule has 0 unspecified atom stereocenters. The average molecular weight is 320 g/mol. The van der Waals surface area contributed by atoms with Crippen LogP contribution < -0.4 is 4.90 Å². The van der Waals surface area contributed by atoms with E-state index in [1.807, 2.05) is 6.20 Å². The average Bonchev–Trinajstić information content (AvgIpc) is 3.30. The first kappa shape index (κ1) is 14.1. The van der Waals surface area contributed by atoms with Crippen molar-refractivity contribution in [1.29, 1.82) is 0 Å². The monoisotopic (exact) mass is 320 g/mol. The van der Waals surface area contributed by atoms with Gasteiger partial charge in [-0.1, -0.05) is 31.0 Å². The molecule has 0 saturated heterocycles. The van der Waals surface area contributed by atoms with Gasteiger partial charge < -0.3 is 9.47 Å². The van der Waals surface area contributed by atoms with Crippen LogP contribution in [0.2, 0.25) is 0 Å². The van der Waals surface area contributed by atoms with E-state index in [9.17, 15) is 0 Å². The van der Waals surface area contributed by atoms with Crippen molar-refractivity contribution in [2.24, 2.45) is 7.05 Å². The summed E-state index contributed by atoms with van der Waals surface area (Å²) in [5.74, 6) is 1.07. The predicted octanol–water partition coefficient (Wildman–Crippen LogP) is 4.33. The van der Waals surface area contributed by atoms with Crippen LogP contribution in [0.25, 0.3) is 5.78 Å². The Morgan fingerprint density at radius 3 is 2.67 bits per heavy atom. The number of imidazole rings is 2. The smallest absolute Gasteiger partial charge is 0.214 e. The fraction of sp³-hybridized carbons (Fsp3) is 0.450. The minimum Gasteiger partial charge on any atom is -0.352 e. The van der Waals surface area contributed by atoms with E-state index in [4.69, 9.17) is 0 Å². The summed E-state index contributed by atoms with van der Waals surface area (Å²) in [6, 6.07) is 9.20. The van der Waals surface area contributed by atoms with Crippen LogP contribution in [0.15, 0.2) is 36.7 Å². The third-order valence-corrected chi connectivity index (χ3v) is 6.25. The number of hydrogen-bond donors (Lipinski definition) is 0. The number of aryl methyl sites for hydroxylation is 2. The molecule has 1 aliphatic carbocycles. The standard InChI is InChI=1S/C20H24N4/c1-14-8-4-5-9-16(14)24-15(2)17-18(20(24)10-6-7-11-20)22(3)19-21-12-13-23(17)19/h4-5,8-9,12-13,15H,6-7,10-11H2,1-3H3/t15-/m0/s1. The number of rotatable bonds is 1. The molecule has 4 heteroatoms. The molecule has 2 aliphatic rings. The Hall–Kier alpha value is -2.23. The summed E-state index contributed by atoms with van der Waals surface area (Å²) in [6.07, 6.45) is 9.12. The molecule has 1 fully saturated rings. The highest BCUT2D eigenvalue weighted by Gasteiger charge is 2.54. The van der Waals surface area contributed by atoms with Crippen LogP contribution in [0.1, 0.15) is 55.6 Å². The zero-order chi connectivity index (χ0) is 16.5. The highest BCUT2D eigenvalue weighted by molar-refractivity contribution is 5.64. The summed E-state index contributed by atoms with van der Waals surface area (Å²) < 4.78 is 4.65. The van der Waals surface area contributed by atoms with Crippen molar-refractivity contribution < 1.29 is 0 Å². The van der Waals surface area contributed by atoms with Gasteiger partial charge in [0.1, 0.15) is 0 Å². The van der Waals surface area contributed by atoms with Crippen molar-refractivity contribution in [2.75, 3.05) is 4.90 Å². The van der Waals surface area contributed by atoms with Crippen LogP contribution in [-0.4, -0.2) is 14.0 Å². The van der Waals surface area contributed by atoms with Crippen molar-refractivity contribution >= 4 is 11.5 Å². The van der Waals surface area contributed by atoms with E-state index in [2.05, 4.69) is 70.2 Å². The van der Waals surface area contributed by atoms with Crippen LogP contribution in [-0.2, 0) is 12.6 Å². The van der Waals surface area contributed by atoms with Crippen LogP contribution in [0.4, 0.5) is 5.69 Å². The van der Waals surface area contributed by atoms with Crippen LogP contribution in [0.3, 0.4) is 0 Å². The zero-order valence-corrected chi connectivity index (χ0v) is 14.7. The van der Waals surface area contributed by atoms with E-state index >= 15 is 0 Å². The second-order valence-corrected chi connectivity index (χ2v) is 7.46. The summed E-state index contributed by atoms with van der Waals surface area (Å²) in [5.41, 5.74) is 5.78. The summed E-state index contributed by atoms with van der Waals surface area (Å²) in [5, 5.41) is 0. The molecule has 3 heterocycles. The predicted molar refractivity (Wildman–Crippen MR) is 96.4 cm³/mol. The van der Waals surface area contributed by atoms with Gasteiger partial charge in [0.15, 0.2) is 0 Å². The Bertz CT molecular complexity index is 926. The first-order valence-corrected chi connectivity index (χ1v) is 9.02. The molecule has 1 aliphatic heterocycles. The lowest BCUT2D eigenvalue weighted by atomic mass is 9.92. The molecule has 1 aromatic carbocycles. The molecule has 3 aromatic rings. The first-order chi connectivity index (χ1) is 11.6. The molecule has 1 spiro atoms. The van der Waals surface area contributed by atoms with Gasteiger partial charge in [0.05, 0.1) is 23.0 Å². The van der Waals surface area contributed by atoms with Gasteiger partial charge in [-0.2, -0.15) is 0 Å². The second-order valence-electron chi connectivity index (χ2n) is 7.46. The molecule has 24 heavy (non-hydrogen) atoms. The topological polar surface area (TPSA) is 25.5 Å². The van der Waals surface area contributed by atoms with Crippen molar-refractivity contribution in [1.82, 2.24) is 14.0 Å². The summed E-state index contributed by atoms with van der Waals surface area (Å²) in [6.45, 7) is 4.60. The van der Waals surface area contributed by atoms with E-state index in [0.717, 1.165) is 5.78 Å². The maximum atomic E-state index is 4.59. The molecule has 1 atom stereocenters. The van der Waals surface area contributed by atoms with Gasteiger partial charge in [-0.15, -0.1) is 0 Å². The van der Waals surface area contributed by atoms with Crippen molar-refractivity contribution in [3.05, 3.63) is 53.6 Å². The third kappa shape index (κ3) is 1.52. The highest BCUT2D eigenvalue weighted by Crippen LogP contribution is 2.57. The van der Waals surface area contributed by atoms with Gasteiger partial charge in [0.25, 0.3) is 0 Å². The first-order valence-electron chi connectivity index (χ1n) is 9.02. The Morgan fingerprint density at radius 1 is 1.17 bits per heavy atom. The molecule has 0 N–H and O–H groups in total. The van der Waals surface area contributed by atoms with Crippen LogP contribution in [0.5, 0.6) is 0 Å². The maximum absolute atomic E-state index is 4.59. The lowest BCUT2D eigenvalue weighted by Gasteiger charge is -2.41. The molecular weight excluding hydrogens is 296 g/mol. The van der Waals surface area contributed by atoms with Gasteiger partial charge >= 0.3 is 0 Å². The Balaban J connectivity index is 1.82. The minimum absolute atomic E-state index is 0.121. The largest absolute Gasteiger partial charge is 0.352 e. The van der Waals surface area contributed by atoms with Crippen molar-refractivity contribution in [3.8, 4) is 0 Å².